The highest BCUT2D eigenvalue weighted by atomic mass is 32.1. The maximum Gasteiger partial charge on any atom is 0.187 e. The predicted octanol–water partition coefficient (Wildman–Crippen LogP) is 2.51. The van der Waals surface area contributed by atoms with Crippen LogP contribution in [-0.2, 0) is 4.74 Å². The molecule has 1 aliphatic rings. The monoisotopic (exact) mass is 334 g/mol. The molecule has 0 unspecified atom stereocenters. The Bertz CT molecular complexity index is 524. The Hall–Kier alpha value is -1.66. The second-order valence-electron chi connectivity index (χ2n) is 5.65. The third-order valence-electron chi connectivity index (χ3n) is 3.92. The van der Waals surface area contributed by atoms with E-state index < -0.39 is 0 Å². The highest BCUT2D eigenvalue weighted by Crippen LogP contribution is 2.20. The molecule has 2 N–H and O–H groups in total. The number of hydrogen-bond donors (Lipinski definition) is 2. The van der Waals surface area contributed by atoms with Crippen LogP contribution >= 0.6 is 12.2 Å². The normalized spacial score (nSPS) is 15.4. The van der Waals surface area contributed by atoms with Crippen molar-refractivity contribution in [3.05, 3.63) is 29.8 Å². The highest BCUT2D eigenvalue weighted by Gasteiger charge is 2.10. The van der Waals surface area contributed by atoms with E-state index in [1.165, 1.54) is 24.9 Å². The molecule has 0 amide bonds. The first-order valence-electron chi connectivity index (χ1n) is 8.13. The second kappa shape index (κ2) is 9.47. The van der Waals surface area contributed by atoms with Crippen LogP contribution in [0.5, 0.6) is 0 Å². The molecule has 0 aromatic heterocycles. The van der Waals surface area contributed by atoms with Gasteiger partial charge in [-0.25, -0.2) is 0 Å². The minimum Gasteiger partial charge on any atom is -0.383 e. The van der Waals surface area contributed by atoms with Crippen LogP contribution in [0.3, 0.4) is 0 Å². The van der Waals surface area contributed by atoms with Gasteiger partial charge in [0.1, 0.15) is 0 Å². The Labute approximate surface area is 144 Å². The molecule has 1 aliphatic heterocycles. The average molecular weight is 334 g/mol. The number of benzene rings is 1. The summed E-state index contributed by atoms with van der Waals surface area (Å²) in [5.74, 6) is 0. The van der Waals surface area contributed by atoms with Gasteiger partial charge >= 0.3 is 0 Å². The van der Waals surface area contributed by atoms with Gasteiger partial charge < -0.3 is 15.0 Å². The number of methoxy groups -OCH3 is 1. The molecule has 1 aromatic carbocycles. The van der Waals surface area contributed by atoms with E-state index in [0.717, 1.165) is 24.4 Å². The van der Waals surface area contributed by atoms with Crippen LogP contribution in [0.15, 0.2) is 29.4 Å². The van der Waals surface area contributed by atoms with Crippen molar-refractivity contribution in [2.24, 2.45) is 5.10 Å². The first-order chi connectivity index (χ1) is 11.2. The van der Waals surface area contributed by atoms with E-state index in [-0.39, 0.29) is 0 Å². The summed E-state index contributed by atoms with van der Waals surface area (Å²) in [7, 11) is 1.66. The standard InChI is InChI=1S/C17H26N4OS/c1-14(19-20-17(23)18-10-13-22-2)15-6-8-16(9-7-15)21-11-4-3-5-12-21/h6-9H,3-5,10-13H2,1-2H3,(H2,18,20,23)/b19-14-. The lowest BCUT2D eigenvalue weighted by molar-refractivity contribution is 0.204. The Morgan fingerprint density at radius 2 is 1.91 bits per heavy atom. The zero-order chi connectivity index (χ0) is 16.5. The maximum atomic E-state index is 5.15. The number of hydrazone groups is 1. The van der Waals surface area contributed by atoms with Gasteiger partial charge in [-0.05, 0) is 56.1 Å². The molecule has 0 saturated carbocycles. The molecule has 0 spiro atoms. The molecule has 23 heavy (non-hydrogen) atoms. The van der Waals surface area contributed by atoms with Crippen molar-refractivity contribution in [1.29, 1.82) is 0 Å². The molecule has 1 aromatic rings. The summed E-state index contributed by atoms with van der Waals surface area (Å²) in [6.07, 6.45) is 3.93. The molecule has 0 radical (unpaired) electrons. The Morgan fingerprint density at radius 3 is 2.57 bits per heavy atom. The summed E-state index contributed by atoms with van der Waals surface area (Å²) in [4.78, 5) is 2.45. The third-order valence-corrected chi connectivity index (χ3v) is 4.16. The molecule has 0 atom stereocenters. The summed E-state index contributed by atoms with van der Waals surface area (Å²) in [6, 6.07) is 8.58. The first kappa shape index (κ1) is 17.7. The zero-order valence-electron chi connectivity index (χ0n) is 14.0. The van der Waals surface area contributed by atoms with Crippen LogP contribution < -0.4 is 15.6 Å². The Morgan fingerprint density at radius 1 is 1.22 bits per heavy atom. The van der Waals surface area contributed by atoms with Crippen LogP contribution in [0, 0.1) is 0 Å². The van der Waals surface area contributed by atoms with E-state index in [4.69, 9.17) is 17.0 Å². The molecule has 1 fully saturated rings. The van der Waals surface area contributed by atoms with E-state index in [2.05, 4.69) is 45.0 Å². The second-order valence-corrected chi connectivity index (χ2v) is 6.06. The minimum atomic E-state index is 0.506. The Kier molecular flexibility index (Phi) is 7.29. The fraction of sp³-hybridized carbons (Fsp3) is 0.529. The van der Waals surface area contributed by atoms with E-state index in [1.54, 1.807) is 7.11 Å². The van der Waals surface area contributed by atoms with Crippen LogP contribution in [0.1, 0.15) is 31.7 Å². The quantitative estimate of drug-likeness (QED) is 0.362. The first-order valence-corrected chi connectivity index (χ1v) is 8.54. The van der Waals surface area contributed by atoms with Crippen LogP contribution in [-0.4, -0.2) is 44.2 Å². The van der Waals surface area contributed by atoms with Gasteiger partial charge in [-0.1, -0.05) is 12.1 Å². The molecule has 5 nitrogen and oxygen atoms in total. The fourth-order valence-electron chi connectivity index (χ4n) is 2.57. The molecule has 126 valence electrons. The molecule has 0 aliphatic carbocycles. The van der Waals surface area contributed by atoms with Gasteiger partial charge in [0.15, 0.2) is 5.11 Å². The number of piperidine rings is 1. The van der Waals surface area contributed by atoms with Gasteiger partial charge in [0.2, 0.25) is 0 Å². The maximum absolute atomic E-state index is 5.15. The van der Waals surface area contributed by atoms with Gasteiger partial charge in [0, 0.05) is 32.4 Å². The molecular weight excluding hydrogens is 308 g/mol. The Balaban J connectivity index is 1.87. The van der Waals surface area contributed by atoms with Crippen LogP contribution in [0.2, 0.25) is 0 Å². The summed E-state index contributed by atoms with van der Waals surface area (Å²) in [5.41, 5.74) is 6.16. The number of nitrogens with one attached hydrogen (secondary N) is 2. The van der Waals surface area contributed by atoms with E-state index in [0.29, 0.717) is 18.3 Å². The van der Waals surface area contributed by atoms with Crippen molar-refractivity contribution < 1.29 is 4.74 Å². The predicted molar refractivity (Wildman–Crippen MR) is 100 cm³/mol. The van der Waals surface area contributed by atoms with Crippen molar-refractivity contribution in [2.45, 2.75) is 26.2 Å². The number of anilines is 1. The van der Waals surface area contributed by atoms with Gasteiger partial charge in [-0.2, -0.15) is 5.10 Å². The van der Waals surface area contributed by atoms with Crippen LogP contribution in [0.4, 0.5) is 5.69 Å². The molecular formula is C17H26N4OS. The number of hydrogen-bond acceptors (Lipinski definition) is 4. The number of ether oxygens (including phenoxy) is 1. The lowest BCUT2D eigenvalue weighted by Crippen LogP contribution is -2.34. The van der Waals surface area contributed by atoms with Crippen molar-refractivity contribution >= 4 is 28.7 Å². The third kappa shape index (κ3) is 5.80. The summed E-state index contributed by atoms with van der Waals surface area (Å²) >= 11 is 5.15. The summed E-state index contributed by atoms with van der Waals surface area (Å²) in [6.45, 7) is 5.58. The van der Waals surface area contributed by atoms with E-state index >= 15 is 0 Å². The fourth-order valence-corrected chi connectivity index (χ4v) is 2.72. The lowest BCUT2D eigenvalue weighted by atomic mass is 10.1. The average Bonchev–Trinajstić information content (AvgIpc) is 2.61. The van der Waals surface area contributed by atoms with Gasteiger partial charge in [-0.15, -0.1) is 0 Å². The van der Waals surface area contributed by atoms with Crippen molar-refractivity contribution in [3.8, 4) is 0 Å². The highest BCUT2D eigenvalue weighted by molar-refractivity contribution is 7.80. The topological polar surface area (TPSA) is 48.9 Å². The largest absolute Gasteiger partial charge is 0.383 e. The van der Waals surface area contributed by atoms with Crippen LogP contribution in [0.25, 0.3) is 0 Å². The van der Waals surface area contributed by atoms with Gasteiger partial charge in [-0.3, -0.25) is 5.43 Å². The lowest BCUT2D eigenvalue weighted by Gasteiger charge is -2.28. The summed E-state index contributed by atoms with van der Waals surface area (Å²) in [5, 5.41) is 7.85. The van der Waals surface area contributed by atoms with Crippen molar-refractivity contribution in [2.75, 3.05) is 38.3 Å². The van der Waals surface area contributed by atoms with Gasteiger partial charge in [0.05, 0.1) is 12.3 Å². The molecule has 1 saturated heterocycles. The molecule has 1 heterocycles. The van der Waals surface area contributed by atoms with Gasteiger partial charge in [0.25, 0.3) is 0 Å². The molecule has 2 rings (SSSR count). The number of nitrogens with zero attached hydrogens (tertiary/aromatic N) is 2. The van der Waals surface area contributed by atoms with E-state index in [9.17, 15) is 0 Å². The minimum absolute atomic E-state index is 0.506. The zero-order valence-corrected chi connectivity index (χ0v) is 14.8. The SMILES string of the molecule is COCCNC(=S)N/N=C(/C)c1ccc(N2CCCCC2)cc1. The van der Waals surface area contributed by atoms with Crippen molar-refractivity contribution in [1.82, 2.24) is 10.7 Å². The number of rotatable bonds is 6. The number of thiocarbonyl (C=S) groups is 1. The molecule has 0 bridgehead atoms. The summed E-state index contributed by atoms with van der Waals surface area (Å²) < 4.78 is 4.96. The molecule has 6 heteroatoms. The smallest absolute Gasteiger partial charge is 0.187 e. The van der Waals surface area contributed by atoms with Crippen molar-refractivity contribution in [3.63, 3.8) is 0 Å². The van der Waals surface area contributed by atoms with E-state index in [1.807, 2.05) is 6.92 Å².